The first kappa shape index (κ1) is 34.5. The molecule has 4 fully saturated rings. The van der Waals surface area contributed by atoms with E-state index < -0.39 is 98.2 Å². The molecule has 0 aromatic carbocycles. The molecule has 17 N–H and O–H groups in total. The molecular formula is C24H48N8O11. The van der Waals surface area contributed by atoms with Gasteiger partial charge in [0.05, 0.1) is 43.5 Å². The quantitative estimate of drug-likeness (QED) is 0.0749. The Balaban J connectivity index is 1.55. The van der Waals surface area contributed by atoms with Gasteiger partial charge in [-0.3, -0.25) is 5.21 Å². The van der Waals surface area contributed by atoms with Crippen molar-refractivity contribution in [2.24, 2.45) is 22.9 Å². The molecule has 14 atom stereocenters. The maximum atomic E-state index is 12.7. The van der Waals surface area contributed by atoms with Gasteiger partial charge in [0.1, 0.15) is 36.6 Å². The minimum absolute atomic E-state index is 0.0212. The highest BCUT2D eigenvalue weighted by Crippen LogP contribution is 2.32. The summed E-state index contributed by atoms with van der Waals surface area (Å²) in [5.41, 5.74) is 23.6. The van der Waals surface area contributed by atoms with Gasteiger partial charge in [-0.1, -0.05) is 0 Å². The van der Waals surface area contributed by atoms with Crippen molar-refractivity contribution in [2.75, 3.05) is 39.3 Å². The summed E-state index contributed by atoms with van der Waals surface area (Å²) >= 11 is 0. The second kappa shape index (κ2) is 15.3. The topological polar surface area (TPSA) is 319 Å². The maximum absolute atomic E-state index is 12.7. The molecule has 1 aliphatic carbocycles. The van der Waals surface area contributed by atoms with E-state index in [9.17, 15) is 35.5 Å². The fourth-order valence-corrected chi connectivity index (χ4v) is 5.81. The molecule has 3 aliphatic heterocycles. The second-order valence-electron chi connectivity index (χ2n) is 11.6. The van der Waals surface area contributed by atoms with Crippen LogP contribution in [0, 0.1) is 0 Å². The Morgan fingerprint density at radius 3 is 2.21 bits per heavy atom. The molecule has 19 heteroatoms. The first-order valence-electron chi connectivity index (χ1n) is 14.6. The van der Waals surface area contributed by atoms with E-state index in [4.69, 9.17) is 41.9 Å². The molecule has 0 aromatic rings. The van der Waals surface area contributed by atoms with Gasteiger partial charge in [-0.2, -0.15) is 0 Å². The summed E-state index contributed by atoms with van der Waals surface area (Å²) in [6.07, 6.45) is -12.1. The number of hydrogen-bond acceptors (Lipinski definition) is 17. The number of urea groups is 1. The van der Waals surface area contributed by atoms with E-state index in [0.717, 1.165) is 0 Å². The van der Waals surface area contributed by atoms with Crippen molar-refractivity contribution >= 4 is 6.03 Å². The summed E-state index contributed by atoms with van der Waals surface area (Å²) in [6, 6.07) is -4.51. The Bertz CT molecular complexity index is 894. The number of rotatable bonds is 11. The van der Waals surface area contributed by atoms with Crippen molar-refractivity contribution in [3.05, 3.63) is 0 Å². The number of aliphatic hydroxyl groups excluding tert-OH is 5. The summed E-state index contributed by atoms with van der Waals surface area (Å²) in [5.74, 6) is 0. The third-order valence-corrected chi connectivity index (χ3v) is 8.45. The predicted molar refractivity (Wildman–Crippen MR) is 146 cm³/mol. The third-order valence-electron chi connectivity index (χ3n) is 8.45. The van der Waals surface area contributed by atoms with E-state index in [-0.39, 0.29) is 38.5 Å². The van der Waals surface area contributed by atoms with Crippen molar-refractivity contribution in [3.8, 4) is 0 Å². The minimum Gasteiger partial charge on any atom is -0.394 e. The second-order valence-corrected chi connectivity index (χ2v) is 11.6. The highest BCUT2D eigenvalue weighted by Gasteiger charge is 2.52. The zero-order valence-electron chi connectivity index (χ0n) is 23.8. The Morgan fingerprint density at radius 2 is 1.60 bits per heavy atom. The van der Waals surface area contributed by atoms with Gasteiger partial charge in [0.15, 0.2) is 12.6 Å². The Morgan fingerprint density at radius 1 is 0.930 bits per heavy atom. The van der Waals surface area contributed by atoms with E-state index in [0.29, 0.717) is 18.2 Å². The molecule has 1 saturated carbocycles. The minimum atomic E-state index is -1.58. The number of carbonyl (C=O) groups is 1. The van der Waals surface area contributed by atoms with Crippen molar-refractivity contribution < 1.29 is 54.5 Å². The normalized spacial score (nSPS) is 44.0. The number of ether oxygens (including phenoxy) is 4. The summed E-state index contributed by atoms with van der Waals surface area (Å²) < 4.78 is 23.8. The smallest absolute Gasteiger partial charge is 0.341 e. The van der Waals surface area contributed by atoms with Crippen LogP contribution in [-0.4, -0.2) is 173 Å². The van der Waals surface area contributed by atoms with Crippen LogP contribution in [-0.2, 0) is 18.9 Å². The monoisotopic (exact) mass is 624 g/mol. The van der Waals surface area contributed by atoms with E-state index in [2.05, 4.69) is 16.0 Å². The fourth-order valence-electron chi connectivity index (χ4n) is 5.81. The van der Waals surface area contributed by atoms with Crippen LogP contribution >= 0.6 is 0 Å². The average molecular weight is 625 g/mol. The summed E-state index contributed by atoms with van der Waals surface area (Å²) in [5, 5.41) is 72.2. The lowest BCUT2D eigenvalue weighted by Crippen LogP contribution is -2.70. The molecule has 4 aliphatic rings. The number of amides is 2. The summed E-state index contributed by atoms with van der Waals surface area (Å²) in [6.45, 7) is 0.602. The first-order chi connectivity index (χ1) is 20.5. The van der Waals surface area contributed by atoms with Gasteiger partial charge < -0.3 is 83.4 Å². The number of hydrogen-bond donors (Lipinski definition) is 13. The number of nitrogens with zero attached hydrogens (tertiary/aromatic N) is 1. The van der Waals surface area contributed by atoms with Crippen LogP contribution < -0.4 is 38.9 Å². The van der Waals surface area contributed by atoms with Crippen molar-refractivity contribution in [1.29, 1.82) is 0 Å². The number of aliphatic hydroxyl groups is 5. The highest BCUT2D eigenvalue weighted by molar-refractivity contribution is 5.73. The molecule has 3 saturated heterocycles. The van der Waals surface area contributed by atoms with Gasteiger partial charge in [-0.05, 0) is 12.8 Å². The molecule has 250 valence electrons. The number of hydroxylamine groups is 2. The van der Waals surface area contributed by atoms with Crippen LogP contribution in [0.25, 0.3) is 0 Å². The Kier molecular flexibility index (Phi) is 12.3. The number of carbonyl (C=O) groups excluding carboxylic acids is 1. The third kappa shape index (κ3) is 7.90. The predicted octanol–water partition coefficient (Wildman–Crippen LogP) is -7.29. The Labute approximate surface area is 248 Å². The van der Waals surface area contributed by atoms with Gasteiger partial charge in [0, 0.05) is 38.3 Å². The summed E-state index contributed by atoms with van der Waals surface area (Å²) in [7, 11) is 0. The van der Waals surface area contributed by atoms with E-state index in [1.165, 1.54) is 0 Å². The molecule has 0 radical (unpaired) electrons. The highest BCUT2D eigenvalue weighted by atomic mass is 16.7. The lowest BCUT2D eigenvalue weighted by atomic mass is 9.83. The van der Waals surface area contributed by atoms with Crippen molar-refractivity contribution in [1.82, 2.24) is 21.0 Å². The molecule has 0 spiro atoms. The molecule has 4 rings (SSSR count). The van der Waals surface area contributed by atoms with Gasteiger partial charge in [0.2, 0.25) is 0 Å². The number of nitrogens with one attached hydrogen (secondary N) is 3. The van der Waals surface area contributed by atoms with Crippen LogP contribution in [0.3, 0.4) is 0 Å². The van der Waals surface area contributed by atoms with Crippen LogP contribution in [0.4, 0.5) is 4.79 Å². The zero-order chi connectivity index (χ0) is 31.4. The lowest BCUT2D eigenvalue weighted by Gasteiger charge is -2.49. The van der Waals surface area contributed by atoms with Gasteiger partial charge in [-0.25, -0.2) is 9.86 Å². The number of nitrogens with two attached hydrogens (primary N) is 4. The van der Waals surface area contributed by atoms with Crippen LogP contribution in [0.15, 0.2) is 0 Å². The van der Waals surface area contributed by atoms with Crippen LogP contribution in [0.1, 0.15) is 12.8 Å². The van der Waals surface area contributed by atoms with E-state index in [1.54, 1.807) is 0 Å². The molecule has 43 heavy (non-hydrogen) atoms. The van der Waals surface area contributed by atoms with Gasteiger partial charge >= 0.3 is 6.03 Å². The van der Waals surface area contributed by atoms with E-state index in [1.807, 2.05) is 0 Å². The SMILES string of the molecule is NCCN(O)C(=O)N[C@@H]1C[C@H](N)C(O[C@H]2O[C@H](CN)[C@@H](O)C[C@H]2NC2CNC2)[C@H](O)[C@H]1O[C@H]1O[C@H](CO)[C@@H](O)[C@H](N)[C@H]1O. The van der Waals surface area contributed by atoms with Crippen LogP contribution in [0.5, 0.6) is 0 Å². The summed E-state index contributed by atoms with van der Waals surface area (Å²) in [4.78, 5) is 12.7. The molecule has 0 bridgehead atoms. The lowest BCUT2D eigenvalue weighted by molar-refractivity contribution is -0.316. The van der Waals surface area contributed by atoms with Gasteiger partial charge in [-0.15, -0.1) is 0 Å². The van der Waals surface area contributed by atoms with Gasteiger partial charge in [0.25, 0.3) is 0 Å². The molecule has 2 amide bonds. The molecule has 19 nitrogen and oxygen atoms in total. The van der Waals surface area contributed by atoms with Crippen molar-refractivity contribution in [3.63, 3.8) is 0 Å². The van der Waals surface area contributed by atoms with Crippen LogP contribution in [0.2, 0.25) is 0 Å². The molecule has 0 aromatic heterocycles. The zero-order valence-corrected chi connectivity index (χ0v) is 23.8. The molecular weight excluding hydrogens is 576 g/mol. The maximum Gasteiger partial charge on any atom is 0.341 e. The van der Waals surface area contributed by atoms with E-state index >= 15 is 0 Å². The largest absolute Gasteiger partial charge is 0.394 e. The Hall–Kier alpha value is -1.37. The molecule has 3 heterocycles. The first-order valence-corrected chi connectivity index (χ1v) is 14.6. The average Bonchev–Trinajstić information content (AvgIpc) is 2.95. The fraction of sp³-hybridized carbons (Fsp3) is 0.958. The van der Waals surface area contributed by atoms with Crippen molar-refractivity contribution in [2.45, 2.75) is 104 Å². The standard InChI is InChI=1S/C24H48N8O11/c25-1-2-32(39)24(38)31-11-3-10(27)20(19(37)21(11)43-23-18(36)16(28)17(35)15(8-33)41-23)42-22-12(30-9-6-29-7-9)4-13(34)14(5-26)40-22/h9-23,29-30,33-37,39H,1-8,25-28H2,(H,31,38)/t10-,11+,12+,13-,14+,15+,16-,17+,18+,19-,20?,21-,22+,23+/m0/s1. The molecule has 1 unspecified atom stereocenters.